The molecule has 0 aromatic heterocycles. The average Bonchev–Trinajstić information content (AvgIpc) is 2.76. The van der Waals surface area contributed by atoms with E-state index in [2.05, 4.69) is 33.0 Å². The standard InChI is InChI=1S/C30H35NO3/c1-29(2)18-22(19-30(3,4)31-29)16-28(33)24-10-8-21(9-11-24)20-34-27-7-5-6-25(17-27)23-12-14-26(32)15-13-23/h5-15,17,22,31-32H,16,18-20H2,1-4H3. The van der Waals surface area contributed by atoms with Crippen LogP contribution in [0.15, 0.2) is 72.8 Å². The van der Waals surface area contributed by atoms with Gasteiger partial charge in [-0.15, -0.1) is 0 Å². The first-order valence-electron chi connectivity index (χ1n) is 12.0. The molecule has 4 rings (SSSR count). The first kappa shape index (κ1) is 24.0. The second-order valence-corrected chi connectivity index (χ2v) is 10.9. The van der Waals surface area contributed by atoms with Gasteiger partial charge in [0.15, 0.2) is 5.78 Å². The molecule has 3 aromatic rings. The van der Waals surface area contributed by atoms with E-state index < -0.39 is 0 Å². The van der Waals surface area contributed by atoms with Crippen LogP contribution >= 0.6 is 0 Å². The zero-order valence-corrected chi connectivity index (χ0v) is 20.6. The summed E-state index contributed by atoms with van der Waals surface area (Å²) in [4.78, 5) is 13.0. The van der Waals surface area contributed by atoms with Crippen LogP contribution in [0.1, 0.15) is 62.9 Å². The van der Waals surface area contributed by atoms with Gasteiger partial charge in [-0.3, -0.25) is 4.79 Å². The highest BCUT2D eigenvalue weighted by atomic mass is 16.5. The maximum absolute atomic E-state index is 13.0. The molecule has 1 saturated heterocycles. The summed E-state index contributed by atoms with van der Waals surface area (Å²) in [5, 5.41) is 13.2. The minimum atomic E-state index is 0.0491. The van der Waals surface area contributed by atoms with E-state index in [9.17, 15) is 9.90 Å². The highest BCUT2D eigenvalue weighted by Gasteiger charge is 2.38. The van der Waals surface area contributed by atoms with Gasteiger partial charge in [0.2, 0.25) is 0 Å². The van der Waals surface area contributed by atoms with Gasteiger partial charge in [0, 0.05) is 23.1 Å². The summed E-state index contributed by atoms with van der Waals surface area (Å²) < 4.78 is 6.00. The summed E-state index contributed by atoms with van der Waals surface area (Å²) in [7, 11) is 0. The number of aromatic hydroxyl groups is 1. The first-order valence-corrected chi connectivity index (χ1v) is 12.0. The van der Waals surface area contributed by atoms with Crippen molar-refractivity contribution in [2.75, 3.05) is 0 Å². The van der Waals surface area contributed by atoms with Crippen LogP contribution in [-0.2, 0) is 6.61 Å². The fourth-order valence-corrected chi connectivity index (χ4v) is 5.43. The van der Waals surface area contributed by atoms with E-state index in [0.717, 1.165) is 40.8 Å². The fourth-order valence-electron chi connectivity index (χ4n) is 5.43. The SMILES string of the molecule is CC1(C)CC(CC(=O)c2ccc(COc3cccc(-c4ccc(O)cc4)c3)cc2)CC(C)(C)N1. The van der Waals surface area contributed by atoms with Gasteiger partial charge in [-0.1, -0.05) is 48.5 Å². The summed E-state index contributed by atoms with van der Waals surface area (Å²) >= 11 is 0. The molecule has 2 N–H and O–H groups in total. The third-order valence-electron chi connectivity index (χ3n) is 6.46. The van der Waals surface area contributed by atoms with Gasteiger partial charge in [-0.05, 0) is 87.4 Å². The van der Waals surface area contributed by atoms with E-state index in [-0.39, 0.29) is 22.6 Å². The molecule has 1 aliphatic heterocycles. The molecule has 1 aliphatic rings. The van der Waals surface area contributed by atoms with E-state index in [1.54, 1.807) is 12.1 Å². The van der Waals surface area contributed by atoms with E-state index in [0.29, 0.717) is 18.9 Å². The average molecular weight is 458 g/mol. The van der Waals surface area contributed by atoms with Gasteiger partial charge in [-0.25, -0.2) is 0 Å². The zero-order valence-electron chi connectivity index (χ0n) is 20.6. The quantitative estimate of drug-likeness (QED) is 0.385. The minimum absolute atomic E-state index is 0.0491. The van der Waals surface area contributed by atoms with Crippen molar-refractivity contribution in [2.24, 2.45) is 5.92 Å². The number of hydrogen-bond acceptors (Lipinski definition) is 4. The lowest BCUT2D eigenvalue weighted by Gasteiger charge is -2.46. The highest BCUT2D eigenvalue weighted by molar-refractivity contribution is 5.96. The lowest BCUT2D eigenvalue weighted by molar-refractivity contribution is 0.0864. The second-order valence-electron chi connectivity index (χ2n) is 10.9. The summed E-state index contributed by atoms with van der Waals surface area (Å²) in [6.45, 7) is 9.33. The number of phenols is 1. The van der Waals surface area contributed by atoms with Crippen molar-refractivity contribution in [1.82, 2.24) is 5.32 Å². The van der Waals surface area contributed by atoms with Gasteiger partial charge in [0.05, 0.1) is 0 Å². The predicted molar refractivity (Wildman–Crippen MR) is 137 cm³/mol. The summed E-state index contributed by atoms with van der Waals surface area (Å²) in [6.07, 6.45) is 2.61. The third-order valence-corrected chi connectivity index (χ3v) is 6.46. The van der Waals surface area contributed by atoms with Crippen LogP contribution in [0.2, 0.25) is 0 Å². The number of carbonyl (C=O) groups excluding carboxylic acids is 1. The molecule has 0 spiro atoms. The number of Topliss-reactive ketones (excluding diaryl/α,β-unsaturated/α-hetero) is 1. The van der Waals surface area contributed by atoms with E-state index in [1.807, 2.05) is 60.7 Å². The number of ketones is 1. The van der Waals surface area contributed by atoms with Crippen LogP contribution in [-0.4, -0.2) is 22.0 Å². The second kappa shape index (κ2) is 9.63. The van der Waals surface area contributed by atoms with E-state index in [4.69, 9.17) is 4.74 Å². The molecule has 178 valence electrons. The molecule has 1 fully saturated rings. The third kappa shape index (κ3) is 6.27. The molecular formula is C30H35NO3. The molecule has 0 radical (unpaired) electrons. The van der Waals surface area contributed by atoms with Crippen LogP contribution < -0.4 is 10.1 Å². The maximum atomic E-state index is 13.0. The summed E-state index contributed by atoms with van der Waals surface area (Å²) in [5.41, 5.74) is 3.94. The molecule has 34 heavy (non-hydrogen) atoms. The van der Waals surface area contributed by atoms with Crippen molar-refractivity contribution in [1.29, 1.82) is 0 Å². The number of hydrogen-bond donors (Lipinski definition) is 2. The Labute approximate surface area is 203 Å². The molecule has 0 unspecified atom stereocenters. The number of carbonyl (C=O) groups is 1. The zero-order chi connectivity index (χ0) is 24.3. The molecule has 4 nitrogen and oxygen atoms in total. The first-order chi connectivity index (χ1) is 16.1. The Bertz CT molecular complexity index is 1110. The van der Waals surface area contributed by atoms with Crippen LogP contribution in [0.4, 0.5) is 0 Å². The van der Waals surface area contributed by atoms with Crippen molar-refractivity contribution in [3.63, 3.8) is 0 Å². The summed E-state index contributed by atoms with van der Waals surface area (Å²) in [6, 6.07) is 22.8. The van der Waals surface area contributed by atoms with Gasteiger partial charge < -0.3 is 15.2 Å². The molecule has 3 aromatic carbocycles. The lowest BCUT2D eigenvalue weighted by atomic mass is 9.74. The molecule has 0 saturated carbocycles. The van der Waals surface area contributed by atoms with Gasteiger partial charge >= 0.3 is 0 Å². The molecular weight excluding hydrogens is 422 g/mol. The predicted octanol–water partition coefficient (Wildman–Crippen LogP) is 6.77. The van der Waals surface area contributed by atoms with Crippen LogP contribution in [0, 0.1) is 5.92 Å². The normalized spacial score (nSPS) is 17.3. The molecule has 0 atom stereocenters. The van der Waals surface area contributed by atoms with Crippen molar-refractivity contribution in [2.45, 2.75) is 64.6 Å². The Balaban J connectivity index is 1.35. The Morgan fingerprint density at radius 2 is 1.56 bits per heavy atom. The number of piperidine rings is 1. The topological polar surface area (TPSA) is 58.6 Å². The minimum Gasteiger partial charge on any atom is -0.508 e. The number of ether oxygens (including phenoxy) is 1. The molecule has 0 amide bonds. The molecule has 0 aliphatic carbocycles. The van der Waals surface area contributed by atoms with E-state index in [1.165, 1.54) is 0 Å². The van der Waals surface area contributed by atoms with Gasteiger partial charge in [0.1, 0.15) is 18.1 Å². The molecule has 0 bridgehead atoms. The smallest absolute Gasteiger partial charge is 0.163 e. The van der Waals surface area contributed by atoms with Crippen LogP contribution in [0.25, 0.3) is 11.1 Å². The van der Waals surface area contributed by atoms with Crippen LogP contribution in [0.3, 0.4) is 0 Å². The highest BCUT2D eigenvalue weighted by Crippen LogP contribution is 2.35. The van der Waals surface area contributed by atoms with Gasteiger partial charge in [0.25, 0.3) is 0 Å². The molecule has 4 heteroatoms. The fraction of sp³-hybridized carbons (Fsp3) is 0.367. The van der Waals surface area contributed by atoms with E-state index >= 15 is 0 Å². The molecule has 1 heterocycles. The number of rotatable bonds is 7. The van der Waals surface area contributed by atoms with Crippen molar-refractivity contribution < 1.29 is 14.6 Å². The van der Waals surface area contributed by atoms with Crippen molar-refractivity contribution in [3.05, 3.63) is 83.9 Å². The Morgan fingerprint density at radius 1 is 0.912 bits per heavy atom. The van der Waals surface area contributed by atoms with Crippen molar-refractivity contribution in [3.8, 4) is 22.6 Å². The number of nitrogens with one attached hydrogen (secondary N) is 1. The summed E-state index contributed by atoms with van der Waals surface area (Å²) in [5.74, 6) is 1.64. The van der Waals surface area contributed by atoms with Gasteiger partial charge in [-0.2, -0.15) is 0 Å². The van der Waals surface area contributed by atoms with Crippen molar-refractivity contribution >= 4 is 5.78 Å². The maximum Gasteiger partial charge on any atom is 0.163 e. The number of phenolic OH excluding ortho intramolecular Hbond substituents is 1. The van der Waals surface area contributed by atoms with Crippen LogP contribution in [0.5, 0.6) is 11.5 Å². The Hall–Kier alpha value is -3.11. The largest absolute Gasteiger partial charge is 0.508 e. The monoisotopic (exact) mass is 457 g/mol. The number of benzene rings is 3. The Kier molecular flexibility index (Phi) is 6.81. The lowest BCUT2D eigenvalue weighted by Crippen LogP contribution is -2.57. The Morgan fingerprint density at radius 3 is 2.21 bits per heavy atom.